The number of hydrogen-bond donors (Lipinski definition) is 1. The molecule has 0 saturated heterocycles. The molecule has 1 aromatic rings. The van der Waals surface area contributed by atoms with Gasteiger partial charge in [-0.15, -0.1) is 11.8 Å². The minimum atomic E-state index is -5.07. The van der Waals surface area contributed by atoms with Gasteiger partial charge in [-0.25, -0.2) is 0 Å². The van der Waals surface area contributed by atoms with E-state index in [-0.39, 0.29) is 22.9 Å². The summed E-state index contributed by atoms with van der Waals surface area (Å²) >= 11 is 0.710. The van der Waals surface area contributed by atoms with E-state index >= 15 is 0 Å². The molecule has 3 rings (SSSR count). The van der Waals surface area contributed by atoms with Crippen molar-refractivity contribution in [2.24, 2.45) is 11.8 Å². The zero-order valence-electron chi connectivity index (χ0n) is 16.6. The molecule has 1 amide bonds. The number of carbonyl (C=O) groups excluding carboxylic acids is 1. The quantitative estimate of drug-likeness (QED) is 0.396. The largest absolute Gasteiger partial charge is 0.417 e. The van der Waals surface area contributed by atoms with Gasteiger partial charge in [0, 0.05) is 10.9 Å². The normalized spacial score (nSPS) is 23.6. The number of amides is 1. The van der Waals surface area contributed by atoms with Crippen LogP contribution in [0.15, 0.2) is 17.0 Å². The Morgan fingerprint density at radius 2 is 1.60 bits per heavy atom. The van der Waals surface area contributed by atoms with Gasteiger partial charge >= 0.3 is 12.4 Å². The highest BCUT2D eigenvalue weighted by atomic mass is 32.2. The topological polar surface area (TPSA) is 29.1 Å². The molecule has 2 aliphatic carbocycles. The first-order chi connectivity index (χ1) is 14.0. The average molecular weight is 453 g/mol. The molecule has 0 aliphatic heterocycles. The summed E-state index contributed by atoms with van der Waals surface area (Å²) < 4.78 is 80.2. The lowest BCUT2D eigenvalue weighted by Crippen LogP contribution is -2.41. The van der Waals surface area contributed by atoms with E-state index in [1.54, 1.807) is 0 Å². The maximum absolute atomic E-state index is 13.6. The maximum Gasteiger partial charge on any atom is 0.417 e. The van der Waals surface area contributed by atoms with Crippen molar-refractivity contribution in [2.45, 2.75) is 74.7 Å². The van der Waals surface area contributed by atoms with E-state index in [9.17, 15) is 31.1 Å². The van der Waals surface area contributed by atoms with Crippen molar-refractivity contribution in [2.75, 3.05) is 6.26 Å². The molecule has 1 aromatic carbocycles. The van der Waals surface area contributed by atoms with E-state index in [1.807, 2.05) is 0 Å². The number of thioether (sulfide) groups is 1. The first-order valence-corrected chi connectivity index (χ1v) is 11.4. The molecular weight excluding hydrogens is 428 g/mol. The molecular formula is C21H25F6NOS. The molecule has 30 heavy (non-hydrogen) atoms. The minimum Gasteiger partial charge on any atom is -0.349 e. The van der Waals surface area contributed by atoms with E-state index in [1.165, 1.54) is 12.7 Å². The van der Waals surface area contributed by atoms with Crippen LogP contribution < -0.4 is 5.32 Å². The van der Waals surface area contributed by atoms with Gasteiger partial charge in [-0.05, 0) is 43.1 Å². The van der Waals surface area contributed by atoms with Crippen molar-refractivity contribution in [1.29, 1.82) is 0 Å². The van der Waals surface area contributed by atoms with Gasteiger partial charge in [0.25, 0.3) is 5.91 Å². The summed E-state index contributed by atoms with van der Waals surface area (Å²) in [7, 11) is 0. The van der Waals surface area contributed by atoms with Crippen LogP contribution in [0.5, 0.6) is 0 Å². The Morgan fingerprint density at radius 1 is 0.933 bits per heavy atom. The second-order valence-electron chi connectivity index (χ2n) is 8.17. The van der Waals surface area contributed by atoms with Crippen LogP contribution in [-0.4, -0.2) is 18.2 Å². The minimum absolute atomic E-state index is 0.0436. The Hall–Kier alpha value is -1.38. The summed E-state index contributed by atoms with van der Waals surface area (Å²) in [5, 5.41) is 2.75. The van der Waals surface area contributed by atoms with Crippen LogP contribution in [0.4, 0.5) is 26.3 Å². The molecule has 0 radical (unpaired) electrons. The van der Waals surface area contributed by atoms with Gasteiger partial charge in [0.1, 0.15) is 0 Å². The van der Waals surface area contributed by atoms with Gasteiger partial charge in [0.2, 0.25) is 0 Å². The van der Waals surface area contributed by atoms with Crippen molar-refractivity contribution >= 4 is 17.7 Å². The predicted molar refractivity (Wildman–Crippen MR) is 103 cm³/mol. The summed E-state index contributed by atoms with van der Waals surface area (Å²) in [6, 6.07) is 0.433. The van der Waals surface area contributed by atoms with Crippen molar-refractivity contribution in [3.05, 3.63) is 28.8 Å². The van der Waals surface area contributed by atoms with Crippen LogP contribution in [0.2, 0.25) is 0 Å². The molecule has 0 unspecified atom stereocenters. The first-order valence-electron chi connectivity index (χ1n) is 10.2. The summed E-state index contributed by atoms with van der Waals surface area (Å²) in [5.41, 5.74) is -3.65. The second-order valence-corrected chi connectivity index (χ2v) is 9.02. The van der Waals surface area contributed by atoms with Crippen molar-refractivity contribution < 1.29 is 31.1 Å². The highest BCUT2D eigenvalue weighted by Crippen LogP contribution is 2.43. The third kappa shape index (κ3) is 5.08. The molecule has 0 aromatic heterocycles. The molecule has 0 bridgehead atoms. The van der Waals surface area contributed by atoms with Crippen molar-refractivity contribution in [3.8, 4) is 0 Å². The fraction of sp³-hybridized carbons (Fsp3) is 0.667. The molecule has 9 heteroatoms. The molecule has 168 valence electrons. The summed E-state index contributed by atoms with van der Waals surface area (Å²) in [4.78, 5) is 12.6. The Labute approximate surface area is 176 Å². The average Bonchev–Trinajstić information content (AvgIpc) is 3.14. The highest BCUT2D eigenvalue weighted by molar-refractivity contribution is 7.98. The Balaban J connectivity index is 1.92. The zero-order chi connectivity index (χ0) is 22.1. The smallest absolute Gasteiger partial charge is 0.349 e. The Morgan fingerprint density at radius 3 is 2.17 bits per heavy atom. The van der Waals surface area contributed by atoms with E-state index in [0.717, 1.165) is 38.5 Å². The third-order valence-electron chi connectivity index (χ3n) is 6.32. The van der Waals surface area contributed by atoms with E-state index < -0.39 is 35.0 Å². The Kier molecular flexibility index (Phi) is 6.99. The number of rotatable bonds is 4. The second kappa shape index (κ2) is 9.01. The maximum atomic E-state index is 13.6. The standard InChI is InChI=1S/C21H25F6NOS/c1-30-17-11-13(20(22,23)24)10-15(21(25,26)27)18(17)19(29)28-16-9-5-8-14(16)12-6-3-2-4-7-12/h10-12,14,16H,2-9H2,1H3,(H,28,29)/t14-,16-/m0/s1. The van der Waals surface area contributed by atoms with Crippen molar-refractivity contribution in [1.82, 2.24) is 5.32 Å². The van der Waals surface area contributed by atoms with Gasteiger partial charge < -0.3 is 5.32 Å². The molecule has 2 nitrogen and oxygen atoms in total. The van der Waals surface area contributed by atoms with E-state index in [2.05, 4.69) is 5.32 Å². The lowest BCUT2D eigenvalue weighted by Gasteiger charge is -2.32. The highest BCUT2D eigenvalue weighted by Gasteiger charge is 2.42. The van der Waals surface area contributed by atoms with Gasteiger partial charge in [0.05, 0.1) is 16.7 Å². The van der Waals surface area contributed by atoms with Crippen LogP contribution >= 0.6 is 11.8 Å². The summed E-state index contributed by atoms with van der Waals surface area (Å²) in [5.74, 6) is -0.273. The predicted octanol–water partition coefficient (Wildman–Crippen LogP) is 6.92. The molecule has 2 aliphatic rings. The molecule has 0 spiro atoms. The monoisotopic (exact) mass is 453 g/mol. The summed E-state index contributed by atoms with van der Waals surface area (Å²) in [6.07, 6.45) is -0.611. The molecule has 2 atom stereocenters. The van der Waals surface area contributed by atoms with Crippen LogP contribution in [0.25, 0.3) is 0 Å². The van der Waals surface area contributed by atoms with Gasteiger partial charge in [-0.1, -0.05) is 38.5 Å². The number of benzene rings is 1. The number of hydrogen-bond acceptors (Lipinski definition) is 2. The third-order valence-corrected chi connectivity index (χ3v) is 7.08. The van der Waals surface area contributed by atoms with Crippen LogP contribution in [-0.2, 0) is 12.4 Å². The Bertz CT molecular complexity index is 770. The lowest BCUT2D eigenvalue weighted by atomic mass is 9.77. The molecule has 1 N–H and O–H groups in total. The lowest BCUT2D eigenvalue weighted by molar-refractivity contribution is -0.143. The van der Waals surface area contributed by atoms with Crippen LogP contribution in [0.1, 0.15) is 72.9 Å². The number of halogens is 6. The number of carbonyl (C=O) groups is 1. The number of alkyl halides is 6. The fourth-order valence-electron chi connectivity index (χ4n) is 4.93. The fourth-order valence-corrected chi connectivity index (χ4v) is 5.58. The van der Waals surface area contributed by atoms with Crippen LogP contribution in [0, 0.1) is 11.8 Å². The van der Waals surface area contributed by atoms with E-state index in [4.69, 9.17) is 0 Å². The number of nitrogens with one attached hydrogen (secondary N) is 1. The molecule has 0 heterocycles. The van der Waals surface area contributed by atoms with Crippen molar-refractivity contribution in [3.63, 3.8) is 0 Å². The van der Waals surface area contributed by atoms with Gasteiger partial charge in [-0.3, -0.25) is 4.79 Å². The van der Waals surface area contributed by atoms with Gasteiger partial charge in [0.15, 0.2) is 0 Å². The first kappa shape index (κ1) is 23.3. The molecule has 2 saturated carbocycles. The van der Waals surface area contributed by atoms with Crippen LogP contribution in [0.3, 0.4) is 0 Å². The van der Waals surface area contributed by atoms with E-state index in [0.29, 0.717) is 30.2 Å². The van der Waals surface area contributed by atoms with Gasteiger partial charge in [-0.2, -0.15) is 26.3 Å². The summed E-state index contributed by atoms with van der Waals surface area (Å²) in [6.45, 7) is 0. The zero-order valence-corrected chi connectivity index (χ0v) is 17.4. The SMILES string of the molecule is CSc1cc(C(F)(F)F)cc(C(F)(F)F)c1C(=O)N[C@H]1CCC[C@H]1C1CCCCC1. The molecule has 2 fully saturated rings.